The van der Waals surface area contributed by atoms with Crippen LogP contribution in [0.2, 0.25) is 5.02 Å². The van der Waals surface area contributed by atoms with Gasteiger partial charge in [0.1, 0.15) is 5.76 Å². The summed E-state index contributed by atoms with van der Waals surface area (Å²) in [7, 11) is 0. The van der Waals surface area contributed by atoms with Crippen molar-refractivity contribution in [1.29, 1.82) is 0 Å². The summed E-state index contributed by atoms with van der Waals surface area (Å²) >= 11 is 11.2. The molecule has 0 bridgehead atoms. The van der Waals surface area contributed by atoms with Crippen molar-refractivity contribution in [2.75, 3.05) is 5.32 Å². The van der Waals surface area contributed by atoms with E-state index in [0.29, 0.717) is 33.3 Å². The molecule has 1 aliphatic heterocycles. The quantitative estimate of drug-likeness (QED) is 0.212. The normalized spacial score (nSPS) is 14.2. The standard InChI is InChI=1S/C27H18BrClN4O2S/c28-18-11-9-16(10-12-18)22-13-14-23(34-22)25-30-21-8-4-2-6-19(21)24-26(35-25)31-27(33-32-24)36-15-17-5-1-3-7-20(17)29/h1-14,25,30H,15H2. The first-order valence-electron chi connectivity index (χ1n) is 11.1. The lowest BCUT2D eigenvalue weighted by Crippen LogP contribution is -2.16. The molecule has 0 radical (unpaired) electrons. The van der Waals surface area contributed by atoms with Gasteiger partial charge in [-0.1, -0.05) is 87.8 Å². The zero-order valence-electron chi connectivity index (χ0n) is 18.7. The highest BCUT2D eigenvalue weighted by molar-refractivity contribution is 9.10. The Hall–Kier alpha value is -3.33. The molecule has 1 N–H and O–H groups in total. The molecular weight excluding hydrogens is 560 g/mol. The monoisotopic (exact) mass is 576 g/mol. The first kappa shape index (κ1) is 23.1. The van der Waals surface area contributed by atoms with Crippen LogP contribution in [0.1, 0.15) is 17.6 Å². The number of halogens is 2. The number of anilines is 1. The van der Waals surface area contributed by atoms with E-state index in [9.17, 15) is 0 Å². The Labute approximate surface area is 225 Å². The number of para-hydroxylation sites is 1. The van der Waals surface area contributed by atoms with Gasteiger partial charge in [-0.25, -0.2) is 0 Å². The van der Waals surface area contributed by atoms with E-state index in [4.69, 9.17) is 25.7 Å². The molecule has 0 saturated carbocycles. The molecule has 178 valence electrons. The molecule has 1 atom stereocenters. The Morgan fingerprint density at radius 3 is 2.58 bits per heavy atom. The van der Waals surface area contributed by atoms with Crippen LogP contribution < -0.4 is 10.1 Å². The van der Waals surface area contributed by atoms with Crippen LogP contribution >= 0.6 is 39.3 Å². The Bertz CT molecular complexity index is 1540. The van der Waals surface area contributed by atoms with Gasteiger partial charge in [-0.05, 0) is 42.0 Å². The average Bonchev–Trinajstić information content (AvgIpc) is 3.33. The highest BCUT2D eigenvalue weighted by Crippen LogP contribution is 2.40. The van der Waals surface area contributed by atoms with Crippen LogP contribution in [-0.4, -0.2) is 15.2 Å². The lowest BCUT2D eigenvalue weighted by molar-refractivity contribution is 0.196. The van der Waals surface area contributed by atoms with Crippen molar-refractivity contribution in [1.82, 2.24) is 15.2 Å². The number of nitrogens with one attached hydrogen (secondary N) is 1. The Balaban J connectivity index is 1.32. The largest absolute Gasteiger partial charge is 0.455 e. The summed E-state index contributed by atoms with van der Waals surface area (Å²) in [4.78, 5) is 4.70. The van der Waals surface area contributed by atoms with Gasteiger partial charge in [-0.15, -0.1) is 10.2 Å². The molecular formula is C27H18BrClN4O2S. The van der Waals surface area contributed by atoms with E-state index in [1.807, 2.05) is 84.9 Å². The maximum Gasteiger partial charge on any atom is 0.247 e. The number of hydrogen-bond donors (Lipinski definition) is 1. The molecule has 5 aromatic rings. The summed E-state index contributed by atoms with van der Waals surface area (Å²) in [6, 6.07) is 27.4. The SMILES string of the molecule is Clc1ccccc1CSc1nnc2c(n1)OC(c1ccc(-c3ccc(Br)cc3)o1)Nc1ccccc1-2. The molecule has 9 heteroatoms. The number of ether oxygens (including phenoxy) is 1. The van der Waals surface area contributed by atoms with Crippen LogP contribution in [0.4, 0.5) is 5.69 Å². The Morgan fingerprint density at radius 1 is 0.917 bits per heavy atom. The highest BCUT2D eigenvalue weighted by Gasteiger charge is 2.28. The van der Waals surface area contributed by atoms with Crippen LogP contribution in [0, 0.1) is 0 Å². The summed E-state index contributed by atoms with van der Waals surface area (Å²) in [5.74, 6) is 2.38. The van der Waals surface area contributed by atoms with Crippen molar-refractivity contribution in [2.45, 2.75) is 17.1 Å². The van der Waals surface area contributed by atoms with Gasteiger partial charge in [0.25, 0.3) is 0 Å². The minimum absolute atomic E-state index is 0.385. The fraction of sp³-hybridized carbons (Fsp3) is 0.0741. The molecule has 3 heterocycles. The summed E-state index contributed by atoms with van der Waals surface area (Å²) in [5, 5.41) is 13.5. The number of furan rings is 1. The van der Waals surface area contributed by atoms with E-state index in [0.717, 1.165) is 32.6 Å². The lowest BCUT2D eigenvalue weighted by Gasteiger charge is -2.16. The second kappa shape index (κ2) is 9.97. The van der Waals surface area contributed by atoms with E-state index in [1.54, 1.807) is 0 Å². The molecule has 6 nitrogen and oxygen atoms in total. The van der Waals surface area contributed by atoms with Crippen LogP contribution in [-0.2, 0) is 5.75 Å². The van der Waals surface area contributed by atoms with Crippen molar-refractivity contribution in [3.63, 3.8) is 0 Å². The number of hydrogen-bond acceptors (Lipinski definition) is 7. The number of benzene rings is 3. The number of fused-ring (bicyclic) bond motifs is 3. The van der Waals surface area contributed by atoms with Gasteiger partial charge in [-0.3, -0.25) is 0 Å². The molecule has 3 aromatic carbocycles. The average molecular weight is 578 g/mol. The fourth-order valence-electron chi connectivity index (χ4n) is 3.86. The fourth-order valence-corrected chi connectivity index (χ4v) is 5.19. The predicted octanol–water partition coefficient (Wildman–Crippen LogP) is 8.01. The van der Waals surface area contributed by atoms with E-state index in [2.05, 4.69) is 31.4 Å². The topological polar surface area (TPSA) is 73.1 Å². The van der Waals surface area contributed by atoms with Gasteiger partial charge >= 0.3 is 0 Å². The zero-order chi connectivity index (χ0) is 24.5. The summed E-state index contributed by atoms with van der Waals surface area (Å²) in [5.41, 5.74) is 4.26. The summed E-state index contributed by atoms with van der Waals surface area (Å²) in [6.07, 6.45) is -0.602. The second-order valence-corrected chi connectivity index (χ2v) is 10.3. The molecule has 0 aliphatic carbocycles. The molecule has 0 fully saturated rings. The lowest BCUT2D eigenvalue weighted by atomic mass is 10.1. The van der Waals surface area contributed by atoms with Crippen molar-refractivity contribution in [3.05, 3.63) is 106 Å². The smallest absolute Gasteiger partial charge is 0.247 e. The maximum absolute atomic E-state index is 6.34. The number of aromatic nitrogens is 3. The molecule has 6 rings (SSSR count). The zero-order valence-corrected chi connectivity index (χ0v) is 21.8. The van der Waals surface area contributed by atoms with Gasteiger partial charge in [0.15, 0.2) is 11.5 Å². The van der Waals surface area contributed by atoms with Gasteiger partial charge in [0.2, 0.25) is 17.3 Å². The van der Waals surface area contributed by atoms with Crippen molar-refractivity contribution in [2.24, 2.45) is 0 Å². The molecule has 1 unspecified atom stereocenters. The summed E-state index contributed by atoms with van der Waals surface area (Å²) < 4.78 is 13.6. The van der Waals surface area contributed by atoms with Gasteiger partial charge in [0.05, 0.1) is 0 Å². The molecule has 2 aromatic heterocycles. The van der Waals surface area contributed by atoms with Crippen molar-refractivity contribution >= 4 is 45.0 Å². The Morgan fingerprint density at radius 2 is 1.72 bits per heavy atom. The molecule has 36 heavy (non-hydrogen) atoms. The van der Waals surface area contributed by atoms with E-state index >= 15 is 0 Å². The van der Waals surface area contributed by atoms with Gasteiger partial charge in [-0.2, -0.15) is 4.98 Å². The first-order chi connectivity index (χ1) is 17.6. The minimum atomic E-state index is -0.602. The second-order valence-electron chi connectivity index (χ2n) is 8.02. The van der Waals surface area contributed by atoms with Gasteiger partial charge < -0.3 is 14.5 Å². The third kappa shape index (κ3) is 4.72. The van der Waals surface area contributed by atoms with E-state index < -0.39 is 6.23 Å². The molecule has 1 aliphatic rings. The third-order valence-electron chi connectivity index (χ3n) is 5.66. The minimum Gasteiger partial charge on any atom is -0.455 e. The number of nitrogens with zero attached hydrogens (tertiary/aromatic N) is 3. The van der Waals surface area contributed by atoms with E-state index in [1.165, 1.54) is 11.8 Å². The first-order valence-corrected chi connectivity index (χ1v) is 13.3. The summed E-state index contributed by atoms with van der Waals surface area (Å²) in [6.45, 7) is 0. The molecule has 0 spiro atoms. The molecule has 0 saturated heterocycles. The Kier molecular flexibility index (Phi) is 6.39. The highest BCUT2D eigenvalue weighted by atomic mass is 79.9. The van der Waals surface area contributed by atoms with Crippen LogP contribution in [0.15, 0.2) is 99.0 Å². The third-order valence-corrected chi connectivity index (χ3v) is 7.45. The predicted molar refractivity (Wildman–Crippen MR) is 145 cm³/mol. The van der Waals surface area contributed by atoms with Gasteiger partial charge in [0, 0.05) is 32.1 Å². The van der Waals surface area contributed by atoms with Crippen LogP contribution in [0.5, 0.6) is 5.88 Å². The molecule has 0 amide bonds. The maximum atomic E-state index is 6.34. The number of rotatable bonds is 5. The van der Waals surface area contributed by atoms with Crippen molar-refractivity contribution in [3.8, 4) is 28.5 Å². The van der Waals surface area contributed by atoms with Crippen LogP contribution in [0.3, 0.4) is 0 Å². The van der Waals surface area contributed by atoms with Crippen LogP contribution in [0.25, 0.3) is 22.6 Å². The van der Waals surface area contributed by atoms with E-state index in [-0.39, 0.29) is 0 Å². The number of thioether (sulfide) groups is 1. The van der Waals surface area contributed by atoms with Crippen molar-refractivity contribution < 1.29 is 9.15 Å².